The van der Waals surface area contributed by atoms with Gasteiger partial charge in [-0.15, -0.1) is 0 Å². The monoisotopic (exact) mass is 375 g/mol. The normalized spacial score (nSPS) is 12.2. The van der Waals surface area contributed by atoms with Crippen molar-refractivity contribution in [3.8, 4) is 0 Å². The Kier molecular flexibility index (Phi) is 4.61. The maximum absolute atomic E-state index is 12.5. The second-order valence-corrected chi connectivity index (χ2v) is 6.66. The fourth-order valence-electron chi connectivity index (χ4n) is 3.46. The van der Waals surface area contributed by atoms with Gasteiger partial charge in [-0.2, -0.15) is 0 Å². The van der Waals surface area contributed by atoms with E-state index in [4.69, 9.17) is 4.42 Å². The Bertz CT molecular complexity index is 1160. The van der Waals surface area contributed by atoms with Crippen molar-refractivity contribution in [2.24, 2.45) is 0 Å². The smallest absolute Gasteiger partial charge is 0.287 e. The average Bonchev–Trinajstić information content (AvgIpc) is 3.34. The lowest BCUT2D eigenvalue weighted by atomic mass is 10.1. The summed E-state index contributed by atoms with van der Waals surface area (Å²) in [7, 11) is 0. The Labute approximate surface area is 162 Å². The van der Waals surface area contributed by atoms with Crippen molar-refractivity contribution in [1.82, 2.24) is 9.88 Å². The molecule has 4 rings (SSSR count). The molecule has 0 spiro atoms. The van der Waals surface area contributed by atoms with Gasteiger partial charge < -0.3 is 19.6 Å². The Morgan fingerprint density at radius 1 is 1.04 bits per heavy atom. The minimum Gasteiger partial charge on any atom is -0.459 e. The molecule has 2 amide bonds. The number of anilines is 1. The van der Waals surface area contributed by atoms with Crippen LogP contribution in [0, 0.1) is 0 Å². The summed E-state index contributed by atoms with van der Waals surface area (Å²) in [5, 5.41) is 7.75. The molecular formula is C22H21N3O3. The summed E-state index contributed by atoms with van der Waals surface area (Å²) in [5.74, 6) is -0.541. The Hall–Kier alpha value is -3.54. The van der Waals surface area contributed by atoms with Crippen LogP contribution in [0.5, 0.6) is 0 Å². The lowest BCUT2D eigenvalue weighted by Crippen LogP contribution is -2.41. The van der Waals surface area contributed by atoms with Gasteiger partial charge in [0.15, 0.2) is 5.76 Å². The summed E-state index contributed by atoms with van der Waals surface area (Å²) in [4.78, 5) is 24.6. The number of furan rings is 1. The van der Waals surface area contributed by atoms with Crippen molar-refractivity contribution < 1.29 is 14.0 Å². The average molecular weight is 375 g/mol. The summed E-state index contributed by atoms with van der Waals surface area (Å²) in [5.41, 5.74) is 2.99. The standard InChI is InChI=1S/C22H21N3O3/c1-3-25-18-8-5-4-7-16(18)17-13-15(10-11-19(17)25)24-21(26)14(2)23-22(27)20-9-6-12-28-20/h4-14H,3H2,1-2H3,(H,23,27)(H,24,26)/t14-/m0/s1. The predicted octanol–water partition coefficient (Wildman–Crippen LogP) is 4.16. The molecule has 28 heavy (non-hydrogen) atoms. The first-order valence-corrected chi connectivity index (χ1v) is 9.24. The maximum atomic E-state index is 12.5. The molecule has 4 aromatic rings. The molecule has 0 aliphatic heterocycles. The maximum Gasteiger partial charge on any atom is 0.287 e. The quantitative estimate of drug-likeness (QED) is 0.550. The minimum absolute atomic E-state index is 0.174. The van der Waals surface area contributed by atoms with Crippen LogP contribution in [0.1, 0.15) is 24.4 Å². The number of fused-ring (bicyclic) bond motifs is 3. The lowest BCUT2D eigenvalue weighted by molar-refractivity contribution is -0.117. The number of para-hydroxylation sites is 1. The van der Waals surface area contributed by atoms with Crippen LogP contribution < -0.4 is 10.6 Å². The first kappa shape index (κ1) is 17.9. The molecule has 0 radical (unpaired) electrons. The van der Waals surface area contributed by atoms with Crippen molar-refractivity contribution in [3.63, 3.8) is 0 Å². The van der Waals surface area contributed by atoms with E-state index in [2.05, 4.69) is 34.3 Å². The van der Waals surface area contributed by atoms with Crippen LogP contribution in [0.3, 0.4) is 0 Å². The molecule has 2 aromatic heterocycles. The third-order valence-electron chi connectivity index (χ3n) is 4.84. The molecule has 0 saturated heterocycles. The third-order valence-corrected chi connectivity index (χ3v) is 4.84. The van der Waals surface area contributed by atoms with Crippen molar-refractivity contribution >= 4 is 39.3 Å². The molecule has 0 fully saturated rings. The van der Waals surface area contributed by atoms with Crippen molar-refractivity contribution in [2.75, 3.05) is 5.32 Å². The number of benzene rings is 2. The van der Waals surface area contributed by atoms with Gasteiger partial charge in [-0.1, -0.05) is 18.2 Å². The molecule has 6 nitrogen and oxygen atoms in total. The highest BCUT2D eigenvalue weighted by molar-refractivity contribution is 6.10. The number of nitrogens with zero attached hydrogens (tertiary/aromatic N) is 1. The number of nitrogens with one attached hydrogen (secondary N) is 2. The summed E-state index contributed by atoms with van der Waals surface area (Å²) < 4.78 is 7.30. The molecule has 6 heteroatoms. The number of aromatic nitrogens is 1. The van der Waals surface area contributed by atoms with E-state index in [1.165, 1.54) is 11.8 Å². The summed E-state index contributed by atoms with van der Waals surface area (Å²) in [6.07, 6.45) is 1.42. The highest BCUT2D eigenvalue weighted by Crippen LogP contribution is 2.30. The van der Waals surface area contributed by atoms with E-state index < -0.39 is 11.9 Å². The molecule has 2 heterocycles. The molecular weight excluding hydrogens is 354 g/mol. The summed E-state index contributed by atoms with van der Waals surface area (Å²) >= 11 is 0. The molecule has 0 aliphatic carbocycles. The number of rotatable bonds is 5. The Morgan fingerprint density at radius 2 is 1.82 bits per heavy atom. The molecule has 2 N–H and O–H groups in total. The Balaban J connectivity index is 1.57. The first-order chi connectivity index (χ1) is 13.6. The third kappa shape index (κ3) is 3.13. The SMILES string of the molecule is CCn1c2ccccc2c2cc(NC(=O)[C@H](C)NC(=O)c3ccco3)ccc21. The van der Waals surface area contributed by atoms with Crippen LogP contribution in [-0.4, -0.2) is 22.4 Å². The summed E-state index contributed by atoms with van der Waals surface area (Å²) in [6.45, 7) is 4.62. The lowest BCUT2D eigenvalue weighted by Gasteiger charge is -2.13. The van der Waals surface area contributed by atoms with Gasteiger partial charge in [-0.3, -0.25) is 9.59 Å². The van der Waals surface area contributed by atoms with Crippen molar-refractivity contribution in [1.29, 1.82) is 0 Å². The number of carbonyl (C=O) groups excluding carboxylic acids is 2. The highest BCUT2D eigenvalue weighted by Gasteiger charge is 2.18. The fourth-order valence-corrected chi connectivity index (χ4v) is 3.46. The second-order valence-electron chi connectivity index (χ2n) is 6.66. The number of carbonyl (C=O) groups is 2. The van der Waals surface area contributed by atoms with Crippen molar-refractivity contribution in [2.45, 2.75) is 26.4 Å². The number of amides is 2. The van der Waals surface area contributed by atoms with E-state index in [-0.39, 0.29) is 11.7 Å². The molecule has 2 aromatic carbocycles. The predicted molar refractivity (Wildman–Crippen MR) is 109 cm³/mol. The van der Waals surface area contributed by atoms with Gasteiger partial charge in [0.25, 0.3) is 5.91 Å². The summed E-state index contributed by atoms with van der Waals surface area (Å²) in [6, 6.07) is 16.6. The molecule has 1 atom stereocenters. The fraction of sp³-hybridized carbons (Fsp3) is 0.182. The topological polar surface area (TPSA) is 76.3 Å². The van der Waals surface area contributed by atoms with Crippen LogP contribution in [0.4, 0.5) is 5.69 Å². The number of hydrogen-bond donors (Lipinski definition) is 2. The molecule has 0 saturated carbocycles. The van der Waals surface area contributed by atoms with E-state index in [0.717, 1.165) is 22.8 Å². The van der Waals surface area contributed by atoms with E-state index in [1.807, 2.05) is 30.3 Å². The Morgan fingerprint density at radius 3 is 2.57 bits per heavy atom. The van der Waals surface area contributed by atoms with Gasteiger partial charge in [0, 0.05) is 34.0 Å². The van der Waals surface area contributed by atoms with Crippen LogP contribution in [-0.2, 0) is 11.3 Å². The largest absolute Gasteiger partial charge is 0.459 e. The zero-order valence-corrected chi connectivity index (χ0v) is 15.7. The van der Waals surface area contributed by atoms with Crippen LogP contribution in [0.15, 0.2) is 65.3 Å². The molecule has 0 unspecified atom stereocenters. The van der Waals surface area contributed by atoms with Crippen LogP contribution >= 0.6 is 0 Å². The van der Waals surface area contributed by atoms with E-state index in [9.17, 15) is 9.59 Å². The van der Waals surface area contributed by atoms with Gasteiger partial charge in [0.1, 0.15) is 6.04 Å². The van der Waals surface area contributed by atoms with Gasteiger partial charge >= 0.3 is 0 Å². The first-order valence-electron chi connectivity index (χ1n) is 9.24. The number of hydrogen-bond acceptors (Lipinski definition) is 3. The highest BCUT2D eigenvalue weighted by atomic mass is 16.3. The van der Waals surface area contributed by atoms with Gasteiger partial charge in [0.2, 0.25) is 5.91 Å². The van der Waals surface area contributed by atoms with E-state index in [1.54, 1.807) is 19.1 Å². The second kappa shape index (κ2) is 7.23. The van der Waals surface area contributed by atoms with Crippen LogP contribution in [0.2, 0.25) is 0 Å². The van der Waals surface area contributed by atoms with Crippen LogP contribution in [0.25, 0.3) is 21.8 Å². The molecule has 142 valence electrons. The zero-order chi connectivity index (χ0) is 19.7. The molecule has 0 aliphatic rings. The number of aryl methyl sites for hydroxylation is 1. The van der Waals surface area contributed by atoms with Gasteiger partial charge in [0.05, 0.1) is 6.26 Å². The van der Waals surface area contributed by atoms with Crippen molar-refractivity contribution in [3.05, 3.63) is 66.6 Å². The molecule has 0 bridgehead atoms. The van der Waals surface area contributed by atoms with E-state index >= 15 is 0 Å². The zero-order valence-electron chi connectivity index (χ0n) is 15.7. The van der Waals surface area contributed by atoms with Gasteiger partial charge in [-0.25, -0.2) is 0 Å². The van der Waals surface area contributed by atoms with E-state index in [0.29, 0.717) is 5.69 Å². The minimum atomic E-state index is -0.703. The van der Waals surface area contributed by atoms with Gasteiger partial charge in [-0.05, 0) is 50.2 Å².